The van der Waals surface area contributed by atoms with Crippen LogP contribution in [0.15, 0.2) is 12.2 Å². The van der Waals surface area contributed by atoms with Crippen LogP contribution in [0.1, 0.15) is 94.9 Å². The molecule has 0 aromatic rings. The molecule has 1 amide bonds. The standard InChI is InChI=1S/C31H55NO6SSi/c1-13-14-20(2)26(38-40(11,12)28(4,5)6)21(3)27(35)29(7,8)24(33)18-25(34)32-23-17-22-15-16-31(23,30(22,9)10)19-39(32,36)37/h13-14,20-24,26,33H,15-19H2,1-12H3/b14-13+/t20-,21+,22?,23?,24-,26-,31?/m0/s1. The zero-order valence-electron chi connectivity index (χ0n) is 27.0. The van der Waals surface area contributed by atoms with E-state index in [0.29, 0.717) is 12.3 Å². The van der Waals surface area contributed by atoms with Crippen LogP contribution in [-0.4, -0.2) is 61.8 Å². The molecule has 1 heterocycles. The van der Waals surface area contributed by atoms with E-state index >= 15 is 0 Å². The Bertz CT molecular complexity index is 1140. The quantitative estimate of drug-likeness (QED) is 0.247. The topological polar surface area (TPSA) is 101 Å². The van der Waals surface area contributed by atoms with Crippen molar-refractivity contribution in [3.63, 3.8) is 0 Å². The molecule has 1 N–H and O–H groups in total. The second-order valence-corrected chi connectivity index (χ2v) is 22.2. The summed E-state index contributed by atoms with van der Waals surface area (Å²) in [5.41, 5.74) is -1.84. The summed E-state index contributed by atoms with van der Waals surface area (Å²) < 4.78 is 34.6. The van der Waals surface area contributed by atoms with Gasteiger partial charge in [-0.3, -0.25) is 9.59 Å². The largest absolute Gasteiger partial charge is 0.413 e. The van der Waals surface area contributed by atoms with Gasteiger partial charge in [0.1, 0.15) is 5.78 Å². The highest BCUT2D eigenvalue weighted by Crippen LogP contribution is 2.70. The van der Waals surface area contributed by atoms with Gasteiger partial charge in [-0.05, 0) is 61.6 Å². The maximum atomic E-state index is 14.0. The lowest BCUT2D eigenvalue weighted by Gasteiger charge is -2.43. The van der Waals surface area contributed by atoms with Crippen LogP contribution in [0.2, 0.25) is 18.1 Å². The zero-order chi connectivity index (χ0) is 30.9. The first-order chi connectivity index (χ1) is 18.0. The van der Waals surface area contributed by atoms with Crippen LogP contribution in [0, 0.1) is 34.0 Å². The minimum atomic E-state index is -3.79. The number of nitrogens with zero attached hydrogens (tertiary/aromatic N) is 1. The lowest BCUT2D eigenvalue weighted by Crippen LogP contribution is -2.52. The summed E-state index contributed by atoms with van der Waals surface area (Å²) in [6, 6.07) is -0.354. The Morgan fingerprint density at radius 3 is 2.23 bits per heavy atom. The fourth-order valence-electron chi connectivity index (χ4n) is 7.62. The van der Waals surface area contributed by atoms with Gasteiger partial charge < -0.3 is 9.53 Å². The maximum absolute atomic E-state index is 14.0. The van der Waals surface area contributed by atoms with Gasteiger partial charge in [0.05, 0.1) is 35.8 Å². The number of aliphatic hydroxyl groups excluding tert-OH is 1. The van der Waals surface area contributed by atoms with Gasteiger partial charge in [-0.1, -0.05) is 74.5 Å². The molecule has 230 valence electrons. The summed E-state index contributed by atoms with van der Waals surface area (Å²) in [6.07, 6.45) is 4.38. The monoisotopic (exact) mass is 597 g/mol. The van der Waals surface area contributed by atoms with Crippen LogP contribution in [-0.2, 0) is 24.0 Å². The Hall–Kier alpha value is -1.03. The van der Waals surface area contributed by atoms with E-state index in [0.717, 1.165) is 17.1 Å². The second kappa shape index (κ2) is 10.6. The Morgan fingerprint density at radius 2 is 1.73 bits per heavy atom. The minimum Gasteiger partial charge on any atom is -0.413 e. The van der Waals surface area contributed by atoms with Crippen LogP contribution in [0.25, 0.3) is 0 Å². The van der Waals surface area contributed by atoms with Crippen LogP contribution < -0.4 is 0 Å². The van der Waals surface area contributed by atoms with E-state index in [1.807, 2.05) is 32.9 Å². The van der Waals surface area contributed by atoms with Crippen molar-refractivity contribution < 1.29 is 27.5 Å². The fraction of sp³-hybridized carbons (Fsp3) is 0.871. The highest BCUT2D eigenvalue weighted by atomic mass is 32.2. The second-order valence-electron chi connectivity index (χ2n) is 15.6. The number of fused-ring (bicyclic) bond motifs is 1. The molecule has 0 aromatic carbocycles. The summed E-state index contributed by atoms with van der Waals surface area (Å²) in [6.45, 7) is 24.3. The van der Waals surface area contributed by atoms with Crippen LogP contribution in [0.4, 0.5) is 0 Å². The smallest absolute Gasteiger partial charge is 0.238 e. The molecule has 7 nitrogen and oxygen atoms in total. The molecule has 2 aliphatic carbocycles. The van der Waals surface area contributed by atoms with Crippen molar-refractivity contribution >= 4 is 30.0 Å². The first-order valence-corrected chi connectivity index (χ1v) is 19.6. The molecule has 3 aliphatic rings. The molecule has 3 unspecified atom stereocenters. The Balaban J connectivity index is 1.82. The van der Waals surface area contributed by atoms with Crippen LogP contribution in [0.3, 0.4) is 0 Å². The van der Waals surface area contributed by atoms with Crippen molar-refractivity contribution in [1.82, 2.24) is 4.31 Å². The molecular weight excluding hydrogens is 542 g/mol. The van der Waals surface area contributed by atoms with E-state index < -0.39 is 53.5 Å². The molecule has 1 aliphatic heterocycles. The first-order valence-electron chi connectivity index (χ1n) is 15.1. The molecular formula is C31H55NO6SSi. The first kappa shape index (κ1) is 33.5. The summed E-state index contributed by atoms with van der Waals surface area (Å²) in [5, 5.41) is 11.3. The van der Waals surface area contributed by atoms with Gasteiger partial charge in [-0.15, -0.1) is 0 Å². The zero-order valence-corrected chi connectivity index (χ0v) is 28.8. The average Bonchev–Trinajstić information content (AvgIpc) is 3.28. The molecule has 0 aromatic heterocycles. The molecule has 1 saturated heterocycles. The third-order valence-corrected chi connectivity index (χ3v) is 18.1. The number of hydrogen-bond donors (Lipinski definition) is 1. The van der Waals surface area contributed by atoms with E-state index in [-0.39, 0.29) is 40.1 Å². The number of rotatable bonds is 10. The Morgan fingerprint density at radius 1 is 1.15 bits per heavy atom. The lowest BCUT2D eigenvalue weighted by molar-refractivity contribution is -0.143. The van der Waals surface area contributed by atoms with Gasteiger partial charge in [-0.25, -0.2) is 12.7 Å². The normalized spacial score (nSPS) is 30.8. The van der Waals surface area contributed by atoms with E-state index in [1.165, 1.54) is 0 Å². The number of carbonyl (C=O) groups is 2. The van der Waals surface area contributed by atoms with Crippen molar-refractivity contribution in [2.45, 2.75) is 131 Å². The average molecular weight is 598 g/mol. The van der Waals surface area contributed by atoms with Gasteiger partial charge in [0, 0.05) is 11.3 Å². The molecule has 2 saturated carbocycles. The predicted molar refractivity (Wildman–Crippen MR) is 163 cm³/mol. The van der Waals surface area contributed by atoms with E-state index in [4.69, 9.17) is 4.43 Å². The fourth-order valence-corrected chi connectivity index (χ4v) is 11.6. The molecule has 3 rings (SSSR count). The molecule has 3 fully saturated rings. The van der Waals surface area contributed by atoms with Crippen molar-refractivity contribution in [3.05, 3.63) is 12.2 Å². The Labute approximate surface area is 244 Å². The van der Waals surface area contributed by atoms with E-state index in [2.05, 4.69) is 47.7 Å². The molecule has 7 atom stereocenters. The maximum Gasteiger partial charge on any atom is 0.238 e. The summed E-state index contributed by atoms with van der Waals surface area (Å²) in [4.78, 5) is 27.6. The number of ketones is 1. The van der Waals surface area contributed by atoms with Crippen molar-refractivity contribution in [2.24, 2.45) is 34.0 Å². The number of allylic oxidation sites excluding steroid dienone is 1. The number of sulfonamides is 1. The third-order valence-electron chi connectivity index (χ3n) is 11.7. The lowest BCUT2D eigenvalue weighted by atomic mass is 9.69. The predicted octanol–water partition coefficient (Wildman–Crippen LogP) is 5.94. The SMILES string of the molecule is C/C=C/[C@H](C)[C@H](O[Si](C)(C)C(C)(C)C)[C@@H](C)C(=O)C(C)(C)[C@@H](O)CC(=O)N1C2CC3CCC2(CS1(=O)=O)C3(C)C. The van der Waals surface area contributed by atoms with Crippen LogP contribution >= 0.6 is 0 Å². The van der Waals surface area contributed by atoms with Crippen LogP contribution in [0.5, 0.6) is 0 Å². The van der Waals surface area contributed by atoms with E-state index in [9.17, 15) is 23.1 Å². The van der Waals surface area contributed by atoms with Gasteiger partial charge in [0.2, 0.25) is 15.9 Å². The van der Waals surface area contributed by atoms with Crippen molar-refractivity contribution in [3.8, 4) is 0 Å². The third kappa shape index (κ3) is 5.30. The van der Waals surface area contributed by atoms with Gasteiger partial charge in [0.15, 0.2) is 8.32 Å². The summed E-state index contributed by atoms with van der Waals surface area (Å²) in [5.74, 6) is -0.962. The number of carbonyl (C=O) groups excluding carboxylic acids is 2. The summed E-state index contributed by atoms with van der Waals surface area (Å²) in [7, 11) is -6.01. The molecule has 9 heteroatoms. The molecule has 0 radical (unpaired) electrons. The number of Topliss-reactive ketones (excluding diaryl/α,β-unsaturated/α-hetero) is 1. The molecule has 2 bridgehead atoms. The molecule has 1 spiro atoms. The number of aliphatic hydroxyl groups is 1. The summed E-state index contributed by atoms with van der Waals surface area (Å²) >= 11 is 0. The van der Waals surface area contributed by atoms with Crippen molar-refractivity contribution in [1.29, 1.82) is 0 Å². The van der Waals surface area contributed by atoms with E-state index in [1.54, 1.807) is 13.8 Å². The van der Waals surface area contributed by atoms with Crippen molar-refractivity contribution in [2.75, 3.05) is 5.75 Å². The number of hydrogen-bond acceptors (Lipinski definition) is 6. The highest BCUT2D eigenvalue weighted by molar-refractivity contribution is 7.90. The minimum absolute atomic E-state index is 0.00926. The van der Waals surface area contributed by atoms with Gasteiger partial charge in [0.25, 0.3) is 0 Å². The van der Waals surface area contributed by atoms with Gasteiger partial charge in [-0.2, -0.15) is 0 Å². The molecule has 40 heavy (non-hydrogen) atoms. The number of amides is 1. The van der Waals surface area contributed by atoms with Gasteiger partial charge >= 0.3 is 0 Å². The highest BCUT2D eigenvalue weighted by Gasteiger charge is 2.72. The Kier molecular flexibility index (Phi) is 8.87.